The highest BCUT2D eigenvalue weighted by molar-refractivity contribution is 4.65. The maximum Gasteiger partial charge on any atom is 0.0303 e. The molecule has 2 N–H and O–H groups in total. The minimum Gasteiger partial charge on any atom is -0.330 e. The van der Waals surface area contributed by atoms with Gasteiger partial charge >= 0.3 is 0 Å². The first-order chi connectivity index (χ1) is 7.77. The van der Waals surface area contributed by atoms with Crippen LogP contribution in [0.5, 0.6) is 0 Å². The van der Waals surface area contributed by atoms with E-state index in [1.165, 1.54) is 0 Å². The van der Waals surface area contributed by atoms with Gasteiger partial charge in [-0.2, -0.15) is 0 Å². The number of nitrogens with two attached hydrogens (primary N) is 1. The average Bonchev–Trinajstić information content (AvgIpc) is 2.14. The molecule has 1 saturated carbocycles. The smallest absolute Gasteiger partial charge is 0.0303 e. The second kappa shape index (κ2) is 3.89. The maximum absolute atomic E-state index is 8.01. The van der Waals surface area contributed by atoms with Gasteiger partial charge in [-0.25, -0.2) is 0 Å². The van der Waals surface area contributed by atoms with E-state index in [2.05, 4.69) is 0 Å². The summed E-state index contributed by atoms with van der Waals surface area (Å²) in [4.78, 5) is 0. The summed E-state index contributed by atoms with van der Waals surface area (Å²) in [5.41, 5.74) is 5.29. The Morgan fingerprint density at radius 2 is 2.44 bits per heavy atom. The Morgan fingerprint density at radius 3 is 3.22 bits per heavy atom. The van der Waals surface area contributed by atoms with Crippen LogP contribution in [0, 0.1) is 5.89 Å². The molecule has 0 radical (unpaired) electrons. The molecule has 54 valence electrons. The van der Waals surface area contributed by atoms with Gasteiger partial charge in [0.15, 0.2) is 0 Å². The number of hydrogen-bond acceptors (Lipinski definition) is 1. The third kappa shape index (κ3) is 2.35. The van der Waals surface area contributed by atoms with Gasteiger partial charge in [0.05, 0.1) is 0 Å². The molecular formula is C8H17N. The molecule has 9 heavy (non-hydrogen) atoms. The first-order valence-corrected chi connectivity index (χ1v) is 2.97. The fourth-order valence-electron chi connectivity index (χ4n) is 0.684. The summed E-state index contributed by atoms with van der Waals surface area (Å²) in [6, 6.07) is 0. The van der Waals surface area contributed by atoms with Crippen LogP contribution in [0.25, 0.3) is 0 Å². The Kier molecular flexibility index (Phi) is 0.760. The molecule has 1 aliphatic rings. The van der Waals surface area contributed by atoms with E-state index in [9.17, 15) is 0 Å². The Labute approximate surface area is 70.3 Å². The van der Waals surface area contributed by atoms with Crippen LogP contribution in [0.3, 0.4) is 0 Å². The molecule has 0 aromatic carbocycles. The Bertz CT molecular complexity index is 339. The van der Waals surface area contributed by atoms with Gasteiger partial charge in [-0.3, -0.25) is 0 Å². The molecule has 0 aromatic rings. The Hall–Kier alpha value is -0.0400. The monoisotopic (exact) mass is 136 g/mol. The molecule has 0 amide bonds. The summed E-state index contributed by atoms with van der Waals surface area (Å²) < 4.78 is 69.2. The first kappa shape index (κ1) is 1.76. The van der Waals surface area contributed by atoms with Crippen molar-refractivity contribution in [3.8, 4) is 0 Å². The molecule has 1 fully saturated rings. The van der Waals surface area contributed by atoms with E-state index in [1.807, 2.05) is 0 Å². The molecular weight excluding hydrogens is 110 g/mol. The molecule has 0 bridgehead atoms. The number of rotatable bonds is 2. The van der Waals surface area contributed by atoms with E-state index < -0.39 is 37.8 Å². The molecule has 1 rings (SSSR count). The zero-order valence-electron chi connectivity index (χ0n) is 14.2. The molecule has 0 saturated heterocycles. The van der Waals surface area contributed by atoms with E-state index in [0.717, 1.165) is 0 Å². The molecule has 1 atom stereocenters. The van der Waals surface area contributed by atoms with Gasteiger partial charge in [-0.05, 0) is 18.9 Å². The summed E-state index contributed by atoms with van der Waals surface area (Å²) in [6.07, 6.45) is -12.5. The minimum atomic E-state index is -3.11. The van der Waals surface area contributed by atoms with Crippen LogP contribution in [-0.4, -0.2) is 6.54 Å². The van der Waals surface area contributed by atoms with Gasteiger partial charge in [0.25, 0.3) is 0 Å². The zero-order valence-corrected chi connectivity index (χ0v) is 5.20. The van der Waals surface area contributed by atoms with Crippen LogP contribution in [0.1, 0.15) is 50.7 Å². The van der Waals surface area contributed by atoms with Gasteiger partial charge in [0.1, 0.15) is 0 Å². The normalized spacial score (nSPS) is 73.7. The van der Waals surface area contributed by atoms with Gasteiger partial charge in [0.2, 0.25) is 0 Å². The lowest BCUT2D eigenvalue weighted by Gasteiger charge is -2.20. The summed E-state index contributed by atoms with van der Waals surface area (Å²) in [5.74, 6) is -2.08. The third-order valence-corrected chi connectivity index (χ3v) is 1.14. The highest BCUT2D eigenvalue weighted by Gasteiger charge is 2.11. The summed E-state index contributed by atoms with van der Waals surface area (Å²) in [6.45, 7) is -0.0851. The van der Waals surface area contributed by atoms with Gasteiger partial charge in [-0.1, -0.05) is 31.9 Å². The minimum absolute atomic E-state index is 0.0851. The molecule has 0 aromatic heterocycles. The summed E-state index contributed by atoms with van der Waals surface area (Å²) in [5, 5.41) is 0. The van der Waals surface area contributed by atoms with Crippen LogP contribution < -0.4 is 5.73 Å². The van der Waals surface area contributed by atoms with Crippen LogP contribution >= 0.6 is 0 Å². The highest BCUT2D eigenvalue weighted by Crippen LogP contribution is 2.25. The highest BCUT2D eigenvalue weighted by atomic mass is 14.5. The molecule has 0 heterocycles. The van der Waals surface area contributed by atoms with Crippen molar-refractivity contribution in [3.63, 3.8) is 0 Å². The fraction of sp³-hybridized carbons (Fsp3) is 1.00. The Morgan fingerprint density at radius 1 is 1.56 bits per heavy atom. The standard InChI is InChI=1S/C8H17N/c9-7-6-8-4-2-1-3-5-8/h8H,1-7,9H2/i1D2,2D2,3D2,4D2,8D. The van der Waals surface area contributed by atoms with Gasteiger partial charge < -0.3 is 5.73 Å². The van der Waals surface area contributed by atoms with E-state index in [4.69, 9.17) is 18.1 Å². The molecule has 0 spiro atoms. The van der Waals surface area contributed by atoms with E-state index >= 15 is 0 Å². The quantitative estimate of drug-likeness (QED) is 0.616. The molecule has 1 nitrogen and oxygen atoms in total. The van der Waals surface area contributed by atoms with Crippen molar-refractivity contribution in [2.75, 3.05) is 6.54 Å². The van der Waals surface area contributed by atoms with Crippen molar-refractivity contribution in [1.29, 1.82) is 0 Å². The summed E-state index contributed by atoms with van der Waals surface area (Å²) in [7, 11) is 0. The zero-order chi connectivity index (χ0) is 14.6. The number of hydrogen-bond donors (Lipinski definition) is 1. The third-order valence-electron chi connectivity index (χ3n) is 1.14. The van der Waals surface area contributed by atoms with Crippen molar-refractivity contribution in [2.24, 2.45) is 11.6 Å². The molecule has 1 unspecified atom stereocenters. The lowest BCUT2D eigenvalue weighted by molar-refractivity contribution is 0.343. The topological polar surface area (TPSA) is 26.0 Å². The molecule has 1 heteroatoms. The SMILES string of the molecule is [2H]C1([2H])CC([2H])(CCN)C([2H])([2H])C([2H])([2H])C1([2H])[2H]. The maximum atomic E-state index is 8.01. The van der Waals surface area contributed by atoms with Crippen LogP contribution in [0.15, 0.2) is 0 Å². The van der Waals surface area contributed by atoms with Crippen molar-refractivity contribution < 1.29 is 12.3 Å². The predicted octanol–water partition coefficient (Wildman–Crippen LogP) is 1.92. The second-order valence-corrected chi connectivity index (χ2v) is 1.87. The van der Waals surface area contributed by atoms with Gasteiger partial charge in [-0.15, -0.1) is 0 Å². The first-order valence-electron chi connectivity index (χ1n) is 7.47. The van der Waals surface area contributed by atoms with Crippen molar-refractivity contribution in [1.82, 2.24) is 0 Å². The van der Waals surface area contributed by atoms with E-state index in [0.29, 0.717) is 0 Å². The largest absolute Gasteiger partial charge is 0.330 e. The van der Waals surface area contributed by atoms with Crippen molar-refractivity contribution in [2.45, 2.75) is 38.3 Å². The average molecular weight is 136 g/mol. The van der Waals surface area contributed by atoms with Crippen molar-refractivity contribution >= 4 is 0 Å². The van der Waals surface area contributed by atoms with Crippen LogP contribution in [0.4, 0.5) is 0 Å². The molecule has 0 aliphatic heterocycles. The lowest BCUT2D eigenvalue weighted by atomic mass is 9.87. The van der Waals surface area contributed by atoms with E-state index in [1.54, 1.807) is 0 Å². The van der Waals surface area contributed by atoms with Crippen molar-refractivity contribution in [3.05, 3.63) is 0 Å². The van der Waals surface area contributed by atoms with E-state index in [-0.39, 0.29) is 13.0 Å². The van der Waals surface area contributed by atoms with Crippen LogP contribution in [-0.2, 0) is 0 Å². The van der Waals surface area contributed by atoms with Crippen LogP contribution in [0.2, 0.25) is 0 Å². The second-order valence-electron chi connectivity index (χ2n) is 1.87. The van der Waals surface area contributed by atoms with Gasteiger partial charge in [0, 0.05) is 12.3 Å². The Balaban J connectivity index is 3.41. The predicted molar refractivity (Wildman–Crippen MR) is 40.2 cm³/mol. The lowest BCUT2D eigenvalue weighted by Crippen LogP contribution is -2.11. The molecule has 1 aliphatic carbocycles. The summed E-state index contributed by atoms with van der Waals surface area (Å²) >= 11 is 0. The fourth-order valence-corrected chi connectivity index (χ4v) is 0.684.